The molecule has 0 saturated carbocycles. The summed E-state index contributed by atoms with van der Waals surface area (Å²) in [6, 6.07) is 94.5. The van der Waals surface area contributed by atoms with E-state index in [2.05, 4.69) is 281 Å². The fraction of sp³-hybridized carbons (Fsp3) is 0.0959. The maximum absolute atomic E-state index is 2.61. The number of hydrogen-bond donors (Lipinski definition) is 0. The molecule has 0 radical (unpaired) electrons. The lowest BCUT2D eigenvalue weighted by atomic mass is 9.67. The highest BCUT2D eigenvalue weighted by atomic mass is 15.1. The summed E-state index contributed by atoms with van der Waals surface area (Å²) < 4.78 is 0. The summed E-state index contributed by atoms with van der Waals surface area (Å²) in [6.45, 7) is 9.60. The van der Waals surface area contributed by atoms with Crippen LogP contribution >= 0.6 is 0 Å². The topological polar surface area (TPSA) is 3.24 Å². The average molecular weight is 944 g/mol. The lowest BCUT2D eigenvalue weighted by Crippen LogP contribution is -2.28. The predicted octanol–water partition coefficient (Wildman–Crippen LogP) is 19.3. The molecule has 0 atom stereocenters. The van der Waals surface area contributed by atoms with Gasteiger partial charge >= 0.3 is 0 Å². The van der Waals surface area contributed by atoms with Crippen molar-refractivity contribution in [3.05, 3.63) is 293 Å². The van der Waals surface area contributed by atoms with Crippen molar-refractivity contribution in [2.45, 2.75) is 43.9 Å². The fourth-order valence-corrected chi connectivity index (χ4v) is 14.1. The average Bonchev–Trinajstić information content (AvgIpc) is 4.04. The van der Waals surface area contributed by atoms with Gasteiger partial charge < -0.3 is 4.90 Å². The second-order valence-electron chi connectivity index (χ2n) is 21.9. The molecule has 3 aliphatic carbocycles. The molecule has 12 aromatic rings. The number of benzene rings is 12. The Bertz CT molecular complexity index is 4130. The first-order valence-electron chi connectivity index (χ1n) is 26.2. The molecule has 0 aliphatic heterocycles. The molecule has 0 bridgehead atoms. The summed E-state index contributed by atoms with van der Waals surface area (Å²) in [6.07, 6.45) is 0. The Kier molecular flexibility index (Phi) is 9.04. The Labute approximate surface area is 433 Å². The zero-order chi connectivity index (χ0) is 49.5. The lowest BCUT2D eigenvalue weighted by molar-refractivity contribution is 0.660. The summed E-state index contributed by atoms with van der Waals surface area (Å²) >= 11 is 0. The van der Waals surface area contributed by atoms with Crippen molar-refractivity contribution in [3.8, 4) is 44.5 Å². The molecule has 350 valence electrons. The molecule has 0 unspecified atom stereocenters. The van der Waals surface area contributed by atoms with Crippen LogP contribution in [0.25, 0.3) is 76.8 Å². The molecular formula is C73H53N. The number of nitrogens with zero attached hydrogens (tertiary/aromatic N) is 1. The van der Waals surface area contributed by atoms with Crippen molar-refractivity contribution < 1.29 is 0 Å². The molecular weight excluding hydrogens is 891 g/mol. The van der Waals surface area contributed by atoms with Gasteiger partial charge in [-0.25, -0.2) is 0 Å². The Morgan fingerprint density at radius 3 is 1.18 bits per heavy atom. The molecule has 0 saturated heterocycles. The summed E-state index contributed by atoms with van der Waals surface area (Å²) in [5.41, 5.74) is 23.1. The van der Waals surface area contributed by atoms with Gasteiger partial charge in [0.1, 0.15) is 0 Å². The normalized spacial score (nSPS) is 14.8. The smallest absolute Gasteiger partial charge is 0.0714 e. The fourth-order valence-electron chi connectivity index (χ4n) is 14.1. The lowest BCUT2D eigenvalue weighted by Gasteiger charge is -2.36. The third kappa shape index (κ3) is 5.81. The minimum absolute atomic E-state index is 0.199. The van der Waals surface area contributed by atoms with Crippen LogP contribution in [0.1, 0.15) is 72.2 Å². The summed E-state index contributed by atoms with van der Waals surface area (Å²) in [5.74, 6) is 0. The molecule has 0 N–H and O–H groups in total. The Morgan fingerprint density at radius 2 is 0.662 bits per heavy atom. The monoisotopic (exact) mass is 943 g/mol. The van der Waals surface area contributed by atoms with Crippen LogP contribution in [0.3, 0.4) is 0 Å². The molecule has 0 amide bonds. The third-order valence-electron chi connectivity index (χ3n) is 17.5. The Morgan fingerprint density at radius 1 is 0.257 bits per heavy atom. The van der Waals surface area contributed by atoms with Gasteiger partial charge in [0.2, 0.25) is 0 Å². The van der Waals surface area contributed by atoms with E-state index in [1.165, 1.54) is 121 Å². The third-order valence-corrected chi connectivity index (χ3v) is 17.5. The van der Waals surface area contributed by atoms with Crippen LogP contribution in [0.2, 0.25) is 0 Å². The predicted molar refractivity (Wildman–Crippen MR) is 312 cm³/mol. The van der Waals surface area contributed by atoms with Crippen LogP contribution < -0.4 is 4.90 Å². The van der Waals surface area contributed by atoms with Gasteiger partial charge in [-0.15, -0.1) is 0 Å². The SMILES string of the molecule is CC1(C)c2ccccc2-c2ccc(N(c3ccc4c(c3)C(C)(C)c3ccccc3-4)c3cc4c(cc3-c3ccc5c6ccccc6c6ccccc6c5c3)-c3ccccc3C4(c3ccccc3)c3ccccc3)cc21. The van der Waals surface area contributed by atoms with Gasteiger partial charge in [-0.1, -0.05) is 234 Å². The van der Waals surface area contributed by atoms with Gasteiger partial charge in [-0.3, -0.25) is 0 Å². The number of hydrogen-bond acceptors (Lipinski definition) is 1. The number of anilines is 3. The van der Waals surface area contributed by atoms with Gasteiger partial charge in [0.25, 0.3) is 0 Å². The maximum atomic E-state index is 2.61. The van der Waals surface area contributed by atoms with Gasteiger partial charge in [-0.05, 0) is 158 Å². The van der Waals surface area contributed by atoms with Crippen LogP contribution in [-0.2, 0) is 16.2 Å². The van der Waals surface area contributed by atoms with E-state index in [1.54, 1.807) is 0 Å². The van der Waals surface area contributed by atoms with E-state index in [4.69, 9.17) is 0 Å². The summed E-state index contributed by atoms with van der Waals surface area (Å²) in [7, 11) is 0. The molecule has 74 heavy (non-hydrogen) atoms. The minimum Gasteiger partial charge on any atom is -0.310 e. The molecule has 12 aromatic carbocycles. The van der Waals surface area contributed by atoms with Crippen molar-refractivity contribution in [2.75, 3.05) is 4.90 Å². The minimum atomic E-state index is -0.602. The van der Waals surface area contributed by atoms with Crippen LogP contribution in [0, 0.1) is 0 Å². The molecule has 15 rings (SSSR count). The van der Waals surface area contributed by atoms with Crippen molar-refractivity contribution in [1.82, 2.24) is 0 Å². The quantitative estimate of drug-likeness (QED) is 0.150. The van der Waals surface area contributed by atoms with Gasteiger partial charge in [-0.2, -0.15) is 0 Å². The first kappa shape index (κ1) is 42.9. The molecule has 0 heterocycles. The summed E-state index contributed by atoms with van der Waals surface area (Å²) in [5, 5.41) is 7.62. The van der Waals surface area contributed by atoms with Gasteiger partial charge in [0.15, 0.2) is 0 Å². The molecule has 3 aliphatic rings. The molecule has 1 heteroatoms. The van der Waals surface area contributed by atoms with E-state index >= 15 is 0 Å². The second kappa shape index (κ2) is 15.6. The molecule has 0 aromatic heterocycles. The first-order chi connectivity index (χ1) is 36.2. The van der Waals surface area contributed by atoms with Gasteiger partial charge in [0, 0.05) is 27.8 Å². The Hall–Kier alpha value is -8.78. The molecule has 1 nitrogen and oxygen atoms in total. The number of rotatable bonds is 6. The van der Waals surface area contributed by atoms with E-state index in [0.717, 1.165) is 17.1 Å². The zero-order valence-electron chi connectivity index (χ0n) is 42.1. The van der Waals surface area contributed by atoms with Crippen LogP contribution in [-0.4, -0.2) is 0 Å². The van der Waals surface area contributed by atoms with E-state index in [-0.39, 0.29) is 10.8 Å². The van der Waals surface area contributed by atoms with E-state index in [9.17, 15) is 0 Å². The first-order valence-corrected chi connectivity index (χ1v) is 26.2. The Balaban J connectivity index is 1.08. The van der Waals surface area contributed by atoms with Crippen molar-refractivity contribution in [2.24, 2.45) is 0 Å². The van der Waals surface area contributed by atoms with Crippen molar-refractivity contribution >= 4 is 49.4 Å². The molecule has 0 spiro atoms. The van der Waals surface area contributed by atoms with E-state index < -0.39 is 5.41 Å². The molecule has 0 fully saturated rings. The van der Waals surface area contributed by atoms with E-state index in [1.807, 2.05) is 0 Å². The highest BCUT2D eigenvalue weighted by Gasteiger charge is 2.47. The highest BCUT2D eigenvalue weighted by molar-refractivity contribution is 6.26. The van der Waals surface area contributed by atoms with E-state index in [0.29, 0.717) is 0 Å². The summed E-state index contributed by atoms with van der Waals surface area (Å²) in [4.78, 5) is 2.61. The standard InChI is InChI=1S/C73H53N/c1-71(2)64-32-18-15-29-56(64)59-39-36-49(42-67(59)71)74(50-37-40-60-57-30-16-19-33-65(57)72(3,4)68(60)43-50)70-45-69-63(58-31-17-20-34-66(58)73(69,47-21-7-5-8-22-47)48-23-9-6-10-24-48)44-61(70)46-35-38-55-53-27-12-11-25-51(53)52-26-13-14-28-54(52)62(55)41-46/h5-45H,1-4H3. The number of fused-ring (bicyclic) bond motifs is 15. The van der Waals surface area contributed by atoms with Crippen LogP contribution in [0.15, 0.2) is 249 Å². The van der Waals surface area contributed by atoms with Crippen molar-refractivity contribution in [3.63, 3.8) is 0 Å². The van der Waals surface area contributed by atoms with Crippen LogP contribution in [0.5, 0.6) is 0 Å². The zero-order valence-corrected chi connectivity index (χ0v) is 42.1. The highest BCUT2D eigenvalue weighted by Crippen LogP contribution is 2.60. The van der Waals surface area contributed by atoms with Crippen LogP contribution in [0.4, 0.5) is 17.1 Å². The van der Waals surface area contributed by atoms with Crippen molar-refractivity contribution in [1.29, 1.82) is 0 Å². The maximum Gasteiger partial charge on any atom is 0.0714 e. The second-order valence-corrected chi connectivity index (χ2v) is 21.9. The van der Waals surface area contributed by atoms with Gasteiger partial charge in [0.05, 0.1) is 11.1 Å². The largest absolute Gasteiger partial charge is 0.310 e.